The molecular weight excluding hydrogens is 462 g/mol. The van der Waals surface area contributed by atoms with Crippen LogP contribution < -0.4 is 4.57 Å². The van der Waals surface area contributed by atoms with Crippen molar-refractivity contribution < 1.29 is 4.57 Å². The smallest absolute Gasteiger partial charge is 0.224 e. The van der Waals surface area contributed by atoms with E-state index in [1.165, 1.54) is 98.6 Å². The van der Waals surface area contributed by atoms with Crippen molar-refractivity contribution in [1.82, 2.24) is 4.40 Å². The standard InChI is InChI=1S/C35H32N3/c1-19-9-28-27-15-26(36-3)5-6-29(27)38-30-14-25(35-16-21-10-22(17-35)12-23(11-21)18-35)13-24-7-8-37(4)34(32(24)30)31(20(19)2)33(28)38/h5-9,13-15,21-23H,10-12,16-18H2,1-2,4H3/q+1. The van der Waals surface area contributed by atoms with Crippen LogP contribution in [0, 0.1) is 38.2 Å². The Labute approximate surface area is 222 Å². The van der Waals surface area contributed by atoms with E-state index in [0.29, 0.717) is 11.1 Å². The molecule has 0 radical (unpaired) electrons. The van der Waals surface area contributed by atoms with Crippen molar-refractivity contribution in [1.29, 1.82) is 0 Å². The van der Waals surface area contributed by atoms with E-state index in [1.807, 2.05) is 6.07 Å². The average Bonchev–Trinajstić information content (AvgIpc) is 3.22. The van der Waals surface area contributed by atoms with E-state index in [-0.39, 0.29) is 0 Å². The van der Waals surface area contributed by atoms with Gasteiger partial charge in [-0.05, 0) is 133 Å². The number of rotatable bonds is 1. The highest BCUT2D eigenvalue weighted by Gasteiger charge is 2.51. The van der Waals surface area contributed by atoms with Gasteiger partial charge in [-0.3, -0.25) is 0 Å². The number of hydrogen-bond acceptors (Lipinski definition) is 0. The summed E-state index contributed by atoms with van der Waals surface area (Å²) in [6, 6.07) is 16.2. The Hall–Kier alpha value is -3.64. The first kappa shape index (κ1) is 21.3. The van der Waals surface area contributed by atoms with Gasteiger partial charge in [0.1, 0.15) is 7.05 Å². The maximum Gasteiger partial charge on any atom is 0.224 e. The number of pyridine rings is 2. The maximum absolute atomic E-state index is 7.68. The summed E-state index contributed by atoms with van der Waals surface area (Å²) in [6.07, 6.45) is 10.8. The Morgan fingerprint density at radius 2 is 1.61 bits per heavy atom. The van der Waals surface area contributed by atoms with Gasteiger partial charge in [0.05, 0.1) is 33.9 Å². The second-order valence-corrected chi connectivity index (χ2v) is 13.2. The van der Waals surface area contributed by atoms with Crippen LogP contribution in [-0.4, -0.2) is 4.40 Å². The molecule has 0 N–H and O–H groups in total. The molecule has 4 bridgehead atoms. The van der Waals surface area contributed by atoms with E-state index >= 15 is 0 Å². The zero-order valence-electron chi connectivity index (χ0n) is 22.4. The Morgan fingerprint density at radius 1 is 0.868 bits per heavy atom. The molecule has 4 saturated carbocycles. The highest BCUT2D eigenvalue weighted by atomic mass is 15.0. The summed E-state index contributed by atoms with van der Waals surface area (Å²) in [6.45, 7) is 12.2. The SMILES string of the molecule is [C-]#[N+]c1ccc2c(c1)c1cc(C)c(C)c3c1n2c1cc(C24CC5CC(CC(C5)C2)C4)cc2cc[n+](C)c3c21. The Morgan fingerprint density at radius 3 is 2.32 bits per heavy atom. The van der Waals surface area contributed by atoms with E-state index in [0.717, 1.165) is 17.8 Å². The summed E-state index contributed by atoms with van der Waals surface area (Å²) in [7, 11) is 2.20. The minimum atomic E-state index is 0.348. The number of fused-ring (bicyclic) bond motifs is 5. The van der Waals surface area contributed by atoms with E-state index < -0.39 is 0 Å². The fraction of sp³-hybridized carbons (Fsp3) is 0.371. The van der Waals surface area contributed by atoms with Crippen molar-refractivity contribution in [2.75, 3.05) is 0 Å². The molecular formula is C35H32N3+. The van der Waals surface area contributed by atoms with E-state index in [4.69, 9.17) is 6.57 Å². The molecule has 0 unspecified atom stereocenters. The van der Waals surface area contributed by atoms with Crippen LogP contribution in [0.3, 0.4) is 0 Å². The Kier molecular flexibility index (Phi) is 3.85. The molecule has 4 fully saturated rings. The van der Waals surface area contributed by atoms with Gasteiger partial charge >= 0.3 is 0 Å². The predicted octanol–water partition coefficient (Wildman–Crippen LogP) is 8.45. The molecule has 0 spiro atoms. The molecule has 4 aliphatic carbocycles. The lowest BCUT2D eigenvalue weighted by Gasteiger charge is -2.57. The fourth-order valence-corrected chi connectivity index (χ4v) is 9.73. The monoisotopic (exact) mass is 494 g/mol. The topological polar surface area (TPSA) is 12.6 Å². The average molecular weight is 495 g/mol. The van der Waals surface area contributed by atoms with Gasteiger partial charge in [0.25, 0.3) is 0 Å². The van der Waals surface area contributed by atoms with Crippen LogP contribution in [0.5, 0.6) is 0 Å². The van der Waals surface area contributed by atoms with Crippen LogP contribution in [0.25, 0.3) is 53.8 Å². The second-order valence-electron chi connectivity index (χ2n) is 13.2. The number of benzene rings is 3. The molecule has 0 saturated heterocycles. The van der Waals surface area contributed by atoms with Crippen molar-refractivity contribution >= 4 is 54.7 Å². The van der Waals surface area contributed by atoms with Crippen LogP contribution in [0.1, 0.15) is 55.2 Å². The molecule has 3 aromatic heterocycles. The third-order valence-corrected chi connectivity index (χ3v) is 11.0. The summed E-state index contributed by atoms with van der Waals surface area (Å²) in [5.74, 6) is 2.78. The van der Waals surface area contributed by atoms with Gasteiger partial charge in [-0.2, -0.15) is 0 Å². The van der Waals surface area contributed by atoms with Crippen molar-refractivity contribution in [2.24, 2.45) is 24.8 Å². The van der Waals surface area contributed by atoms with Gasteiger partial charge in [0, 0.05) is 11.5 Å². The fourth-order valence-electron chi connectivity index (χ4n) is 9.73. The molecule has 0 amide bonds. The van der Waals surface area contributed by atoms with E-state index in [2.05, 4.69) is 77.3 Å². The van der Waals surface area contributed by atoms with Crippen LogP contribution in [0.4, 0.5) is 5.69 Å². The number of aryl methyl sites for hydroxylation is 3. The van der Waals surface area contributed by atoms with Crippen LogP contribution in [0.2, 0.25) is 0 Å². The van der Waals surface area contributed by atoms with Gasteiger partial charge in [-0.25, -0.2) is 9.41 Å². The number of nitrogens with zero attached hydrogens (tertiary/aromatic N) is 3. The minimum absolute atomic E-state index is 0.348. The van der Waals surface area contributed by atoms with Crippen LogP contribution >= 0.6 is 0 Å². The zero-order valence-corrected chi connectivity index (χ0v) is 22.4. The van der Waals surface area contributed by atoms with Crippen molar-refractivity contribution in [2.45, 2.75) is 57.8 Å². The molecule has 3 heteroatoms. The normalized spacial score (nSPS) is 26.5. The first-order chi connectivity index (χ1) is 18.4. The minimum Gasteiger partial charge on any atom is -0.308 e. The summed E-state index contributed by atoms with van der Waals surface area (Å²) >= 11 is 0. The first-order valence-electron chi connectivity index (χ1n) is 14.4. The summed E-state index contributed by atoms with van der Waals surface area (Å²) < 4.78 is 4.89. The molecule has 4 aliphatic rings. The lowest BCUT2D eigenvalue weighted by molar-refractivity contribution is -0.643. The highest BCUT2D eigenvalue weighted by molar-refractivity contribution is 6.26. The second kappa shape index (κ2) is 6.86. The van der Waals surface area contributed by atoms with Gasteiger partial charge in [0.15, 0.2) is 11.9 Å². The molecule has 3 aromatic carbocycles. The van der Waals surface area contributed by atoms with Crippen molar-refractivity contribution in [3.05, 3.63) is 76.8 Å². The first-order valence-corrected chi connectivity index (χ1v) is 14.4. The van der Waals surface area contributed by atoms with Crippen LogP contribution in [-0.2, 0) is 12.5 Å². The molecule has 38 heavy (non-hydrogen) atoms. The lowest BCUT2D eigenvalue weighted by Crippen LogP contribution is -2.48. The third-order valence-electron chi connectivity index (χ3n) is 11.0. The van der Waals surface area contributed by atoms with Crippen molar-refractivity contribution in [3.8, 4) is 0 Å². The number of aromatic nitrogens is 2. The number of hydrogen-bond donors (Lipinski definition) is 0. The highest BCUT2D eigenvalue weighted by Crippen LogP contribution is 2.61. The van der Waals surface area contributed by atoms with E-state index in [9.17, 15) is 0 Å². The molecule has 6 aromatic rings. The summed E-state index contributed by atoms with van der Waals surface area (Å²) in [4.78, 5) is 3.79. The lowest BCUT2D eigenvalue weighted by atomic mass is 9.48. The Bertz CT molecular complexity index is 2010. The van der Waals surface area contributed by atoms with Crippen LogP contribution in [0.15, 0.2) is 48.7 Å². The van der Waals surface area contributed by atoms with Gasteiger partial charge < -0.3 is 4.40 Å². The quantitative estimate of drug-likeness (QED) is 0.0941. The molecule has 3 heterocycles. The summed E-state index contributed by atoms with van der Waals surface area (Å²) in [5.41, 5.74) is 10.5. The maximum atomic E-state index is 7.68. The summed E-state index contributed by atoms with van der Waals surface area (Å²) in [5, 5.41) is 6.57. The molecule has 0 atom stereocenters. The molecule has 186 valence electrons. The van der Waals surface area contributed by atoms with Gasteiger partial charge in [-0.1, -0.05) is 6.07 Å². The van der Waals surface area contributed by atoms with Gasteiger partial charge in [-0.15, -0.1) is 0 Å². The largest absolute Gasteiger partial charge is 0.308 e. The molecule has 3 nitrogen and oxygen atoms in total. The van der Waals surface area contributed by atoms with E-state index in [1.54, 1.807) is 5.56 Å². The predicted molar refractivity (Wildman–Crippen MR) is 155 cm³/mol. The van der Waals surface area contributed by atoms with Crippen molar-refractivity contribution in [3.63, 3.8) is 0 Å². The zero-order chi connectivity index (χ0) is 25.5. The Balaban J connectivity index is 1.51. The third kappa shape index (κ3) is 2.48. The molecule has 10 rings (SSSR count). The van der Waals surface area contributed by atoms with Gasteiger partial charge in [0.2, 0.25) is 5.52 Å². The molecule has 0 aliphatic heterocycles.